The topological polar surface area (TPSA) is 83.4 Å². The summed E-state index contributed by atoms with van der Waals surface area (Å²) >= 11 is 4.98. The Labute approximate surface area is 128 Å². The molecule has 0 spiro atoms. The summed E-state index contributed by atoms with van der Waals surface area (Å²) in [5.74, 6) is 0.695. The molecule has 6 nitrogen and oxygen atoms in total. The maximum atomic E-state index is 12.0. The molecular formula is C13H15N3O3S2. The number of hydrogen-bond acceptors (Lipinski definition) is 4. The molecular weight excluding hydrogens is 310 g/mol. The lowest BCUT2D eigenvalue weighted by Crippen LogP contribution is -2.46. The molecule has 2 aromatic rings. The van der Waals surface area contributed by atoms with E-state index in [2.05, 4.69) is 15.6 Å². The second-order valence-electron chi connectivity index (χ2n) is 4.31. The zero-order valence-electron chi connectivity index (χ0n) is 11.3. The van der Waals surface area contributed by atoms with Gasteiger partial charge in [0.05, 0.1) is 17.7 Å². The van der Waals surface area contributed by atoms with Gasteiger partial charge >= 0.3 is 0 Å². The first-order chi connectivity index (χ1) is 9.97. The molecule has 0 aliphatic heterocycles. The van der Waals surface area contributed by atoms with Crippen LogP contribution in [0, 0.1) is 6.92 Å². The van der Waals surface area contributed by atoms with Crippen LogP contribution in [0.4, 0.5) is 0 Å². The quantitative estimate of drug-likeness (QED) is 0.570. The minimum absolute atomic E-state index is 0.155. The van der Waals surface area contributed by atoms with Crippen molar-refractivity contribution in [1.29, 1.82) is 0 Å². The summed E-state index contributed by atoms with van der Waals surface area (Å²) < 4.78 is 29.1. The summed E-state index contributed by atoms with van der Waals surface area (Å²) in [5.41, 5.74) is 3.42. The summed E-state index contributed by atoms with van der Waals surface area (Å²) in [5, 5.41) is 2.97. The van der Waals surface area contributed by atoms with Gasteiger partial charge in [-0.25, -0.2) is 8.42 Å². The first kappa shape index (κ1) is 15.5. The van der Waals surface area contributed by atoms with Gasteiger partial charge in [0.25, 0.3) is 10.0 Å². The molecule has 3 N–H and O–H groups in total. The Bertz CT molecular complexity index is 695. The number of furan rings is 1. The maximum Gasteiger partial charge on any atom is 0.257 e. The summed E-state index contributed by atoms with van der Waals surface area (Å²) in [4.78, 5) is 2.37. The molecule has 0 saturated heterocycles. The van der Waals surface area contributed by atoms with Crippen LogP contribution in [0.25, 0.3) is 0 Å². The Morgan fingerprint density at radius 2 is 1.95 bits per heavy atom. The Morgan fingerprint density at radius 3 is 2.57 bits per heavy atom. The van der Waals surface area contributed by atoms with E-state index >= 15 is 0 Å². The number of hydrazine groups is 1. The van der Waals surface area contributed by atoms with Gasteiger partial charge in [0, 0.05) is 0 Å². The highest BCUT2D eigenvalue weighted by atomic mass is 32.2. The molecule has 0 amide bonds. The predicted octanol–water partition coefficient (Wildman–Crippen LogP) is 1.45. The molecule has 0 atom stereocenters. The Morgan fingerprint density at radius 1 is 1.24 bits per heavy atom. The van der Waals surface area contributed by atoms with E-state index in [1.807, 2.05) is 6.92 Å². The summed E-state index contributed by atoms with van der Waals surface area (Å²) in [7, 11) is -3.66. The van der Waals surface area contributed by atoms with E-state index < -0.39 is 10.0 Å². The molecule has 1 aromatic carbocycles. The van der Waals surface area contributed by atoms with E-state index in [4.69, 9.17) is 16.6 Å². The molecule has 0 bridgehead atoms. The molecule has 2 rings (SSSR count). The molecule has 0 aliphatic rings. The summed E-state index contributed by atoms with van der Waals surface area (Å²) in [6, 6.07) is 10.0. The lowest BCUT2D eigenvalue weighted by molar-refractivity contribution is 0.502. The van der Waals surface area contributed by atoms with Gasteiger partial charge in [-0.2, -0.15) is 0 Å². The fourth-order valence-electron chi connectivity index (χ4n) is 1.51. The largest absolute Gasteiger partial charge is 0.467 e. The van der Waals surface area contributed by atoms with Crippen molar-refractivity contribution >= 4 is 27.4 Å². The van der Waals surface area contributed by atoms with Crippen LogP contribution in [0.1, 0.15) is 11.3 Å². The Balaban J connectivity index is 1.86. The third kappa shape index (κ3) is 4.55. The minimum Gasteiger partial charge on any atom is -0.467 e. The van der Waals surface area contributed by atoms with E-state index in [0.717, 1.165) is 5.56 Å². The lowest BCUT2D eigenvalue weighted by atomic mass is 10.2. The van der Waals surface area contributed by atoms with Crippen molar-refractivity contribution in [3.8, 4) is 0 Å². The molecule has 0 saturated carbocycles. The highest BCUT2D eigenvalue weighted by molar-refractivity contribution is 7.89. The highest BCUT2D eigenvalue weighted by Gasteiger charge is 2.13. The number of rotatable bonds is 5. The van der Waals surface area contributed by atoms with Gasteiger partial charge in [-0.15, -0.1) is 4.83 Å². The van der Waals surface area contributed by atoms with Crippen LogP contribution < -0.4 is 15.6 Å². The third-order valence-electron chi connectivity index (χ3n) is 2.63. The average Bonchev–Trinajstić information content (AvgIpc) is 2.97. The SMILES string of the molecule is Cc1ccc(S(=O)(=O)NNC(=S)NCc2ccco2)cc1. The van der Waals surface area contributed by atoms with Crippen LogP contribution in [-0.2, 0) is 16.6 Å². The van der Waals surface area contributed by atoms with Crippen molar-refractivity contribution < 1.29 is 12.8 Å². The second-order valence-corrected chi connectivity index (χ2v) is 6.40. The highest BCUT2D eigenvalue weighted by Crippen LogP contribution is 2.08. The fraction of sp³-hybridized carbons (Fsp3) is 0.154. The van der Waals surface area contributed by atoms with Crippen LogP contribution in [0.2, 0.25) is 0 Å². The minimum atomic E-state index is -3.66. The van der Waals surface area contributed by atoms with Crippen molar-refractivity contribution in [2.75, 3.05) is 0 Å². The van der Waals surface area contributed by atoms with E-state index in [0.29, 0.717) is 12.3 Å². The molecule has 8 heteroatoms. The number of benzene rings is 1. The lowest BCUT2D eigenvalue weighted by Gasteiger charge is -2.11. The number of hydrogen-bond donors (Lipinski definition) is 3. The Kier molecular flexibility index (Phi) is 4.94. The van der Waals surface area contributed by atoms with Crippen molar-refractivity contribution in [3.63, 3.8) is 0 Å². The molecule has 1 heterocycles. The number of aryl methyl sites for hydroxylation is 1. The molecule has 0 fully saturated rings. The number of nitrogens with one attached hydrogen (secondary N) is 3. The maximum absolute atomic E-state index is 12.0. The van der Waals surface area contributed by atoms with Gasteiger partial charge in [-0.1, -0.05) is 17.7 Å². The van der Waals surface area contributed by atoms with E-state index in [-0.39, 0.29) is 10.0 Å². The first-order valence-corrected chi connectivity index (χ1v) is 8.01. The van der Waals surface area contributed by atoms with E-state index in [9.17, 15) is 8.42 Å². The molecule has 0 radical (unpaired) electrons. The van der Waals surface area contributed by atoms with Crippen molar-refractivity contribution in [2.45, 2.75) is 18.4 Å². The zero-order valence-corrected chi connectivity index (χ0v) is 12.9. The van der Waals surface area contributed by atoms with Crippen molar-refractivity contribution in [2.24, 2.45) is 0 Å². The van der Waals surface area contributed by atoms with Crippen molar-refractivity contribution in [3.05, 3.63) is 54.0 Å². The summed E-state index contributed by atoms with van der Waals surface area (Å²) in [6.07, 6.45) is 1.55. The Hall–Kier alpha value is -1.90. The van der Waals surface area contributed by atoms with Gasteiger partial charge in [0.1, 0.15) is 5.76 Å². The third-order valence-corrected chi connectivity index (χ3v) is 4.14. The molecule has 0 aliphatic carbocycles. The van der Waals surface area contributed by atoms with Gasteiger partial charge in [-0.05, 0) is 43.4 Å². The second kappa shape index (κ2) is 6.70. The number of sulfonamides is 1. The monoisotopic (exact) mass is 325 g/mol. The van der Waals surface area contributed by atoms with Crippen molar-refractivity contribution in [1.82, 2.24) is 15.6 Å². The summed E-state index contributed by atoms with van der Waals surface area (Å²) in [6.45, 7) is 2.25. The van der Waals surface area contributed by atoms with Gasteiger partial charge in [-0.3, -0.25) is 5.43 Å². The molecule has 0 unspecified atom stereocenters. The van der Waals surface area contributed by atoms with Gasteiger partial charge in [0.2, 0.25) is 0 Å². The van der Waals surface area contributed by atoms with Crippen LogP contribution >= 0.6 is 12.2 Å². The van der Waals surface area contributed by atoms with Crippen LogP contribution in [0.5, 0.6) is 0 Å². The molecule has 1 aromatic heterocycles. The standard InChI is InChI=1S/C13H15N3O3S2/c1-10-4-6-12(7-5-10)21(17,18)16-15-13(20)14-9-11-3-2-8-19-11/h2-8,16H,9H2,1H3,(H2,14,15,20). The molecule has 21 heavy (non-hydrogen) atoms. The van der Waals surface area contributed by atoms with Crippen LogP contribution in [0.3, 0.4) is 0 Å². The average molecular weight is 325 g/mol. The fourth-order valence-corrected chi connectivity index (χ4v) is 2.55. The molecule has 112 valence electrons. The van der Waals surface area contributed by atoms with Gasteiger partial charge in [0.15, 0.2) is 5.11 Å². The number of thiocarbonyl (C=S) groups is 1. The van der Waals surface area contributed by atoms with E-state index in [1.165, 1.54) is 12.1 Å². The van der Waals surface area contributed by atoms with Crippen LogP contribution in [-0.4, -0.2) is 13.5 Å². The first-order valence-electron chi connectivity index (χ1n) is 6.12. The zero-order chi connectivity index (χ0) is 15.3. The smallest absolute Gasteiger partial charge is 0.257 e. The normalized spacial score (nSPS) is 11.1. The van der Waals surface area contributed by atoms with E-state index in [1.54, 1.807) is 30.5 Å². The van der Waals surface area contributed by atoms with Gasteiger partial charge < -0.3 is 9.73 Å². The van der Waals surface area contributed by atoms with Crippen LogP contribution in [0.15, 0.2) is 52.0 Å². The predicted molar refractivity (Wildman–Crippen MR) is 82.8 cm³/mol.